The number of nitrogens with zero attached hydrogens (tertiary/aromatic N) is 1. The van der Waals surface area contributed by atoms with Crippen LogP contribution in [0, 0.1) is 11.3 Å². The van der Waals surface area contributed by atoms with Crippen molar-refractivity contribution < 1.29 is 9.59 Å². The minimum Gasteiger partial charge on any atom is -0.366 e. The Morgan fingerprint density at radius 1 is 1.38 bits per heavy atom. The zero-order valence-corrected chi connectivity index (χ0v) is 8.51. The molecule has 1 aromatic carbocycles. The van der Waals surface area contributed by atoms with Crippen LogP contribution in [0.1, 0.15) is 22.3 Å². The quantitative estimate of drug-likeness (QED) is 0.605. The van der Waals surface area contributed by atoms with Crippen molar-refractivity contribution in [1.82, 2.24) is 0 Å². The molecule has 1 rings (SSSR count). The van der Waals surface area contributed by atoms with E-state index in [9.17, 15) is 9.59 Å². The first-order chi connectivity index (χ1) is 7.65. The summed E-state index contributed by atoms with van der Waals surface area (Å²) < 4.78 is 0. The Kier molecular flexibility index (Phi) is 3.98. The molecule has 16 heavy (non-hydrogen) atoms. The Hall–Kier alpha value is -2.41. The van der Waals surface area contributed by atoms with Gasteiger partial charge in [0.1, 0.15) is 0 Å². The standard InChI is InChI=1S/C12H10N2O2/c13-8-7-11(15)10-4-2-1-3-9(10)5-6-12(14)16/h1-6H,7H2,(H2,14,16). The van der Waals surface area contributed by atoms with E-state index < -0.39 is 5.91 Å². The third-order valence-corrected chi connectivity index (χ3v) is 1.93. The van der Waals surface area contributed by atoms with Gasteiger partial charge in [-0.2, -0.15) is 5.26 Å². The average molecular weight is 214 g/mol. The molecule has 0 fully saturated rings. The smallest absolute Gasteiger partial charge is 0.241 e. The molecular weight excluding hydrogens is 204 g/mol. The second kappa shape index (κ2) is 5.47. The zero-order chi connectivity index (χ0) is 12.0. The van der Waals surface area contributed by atoms with Gasteiger partial charge in [-0.05, 0) is 11.6 Å². The molecule has 0 unspecified atom stereocenters. The van der Waals surface area contributed by atoms with Crippen LogP contribution in [0.3, 0.4) is 0 Å². The molecule has 80 valence electrons. The molecule has 0 saturated carbocycles. The van der Waals surface area contributed by atoms with Crippen LogP contribution in [-0.2, 0) is 4.79 Å². The zero-order valence-electron chi connectivity index (χ0n) is 8.51. The van der Waals surface area contributed by atoms with Crippen molar-refractivity contribution in [3.05, 3.63) is 41.5 Å². The monoisotopic (exact) mass is 214 g/mol. The van der Waals surface area contributed by atoms with E-state index in [1.807, 2.05) is 0 Å². The van der Waals surface area contributed by atoms with E-state index in [0.29, 0.717) is 11.1 Å². The van der Waals surface area contributed by atoms with Crippen LogP contribution in [0.15, 0.2) is 30.3 Å². The van der Waals surface area contributed by atoms with Crippen molar-refractivity contribution in [3.8, 4) is 6.07 Å². The Balaban J connectivity index is 3.06. The van der Waals surface area contributed by atoms with Gasteiger partial charge in [0.25, 0.3) is 0 Å². The molecule has 0 aliphatic carbocycles. The predicted octanol–water partition coefficient (Wildman–Crippen LogP) is 1.28. The summed E-state index contributed by atoms with van der Waals surface area (Å²) in [5, 5.41) is 8.44. The minimum atomic E-state index is -0.581. The van der Waals surface area contributed by atoms with Gasteiger partial charge in [-0.25, -0.2) is 0 Å². The molecule has 4 nitrogen and oxygen atoms in total. The largest absolute Gasteiger partial charge is 0.366 e. The van der Waals surface area contributed by atoms with Gasteiger partial charge in [0.15, 0.2) is 5.78 Å². The van der Waals surface area contributed by atoms with Crippen molar-refractivity contribution in [2.24, 2.45) is 5.73 Å². The summed E-state index contributed by atoms with van der Waals surface area (Å²) in [6.45, 7) is 0. The number of hydrogen-bond acceptors (Lipinski definition) is 3. The maximum absolute atomic E-state index is 11.5. The molecular formula is C12H10N2O2. The summed E-state index contributed by atoms with van der Waals surface area (Å²) in [6, 6.07) is 8.53. The van der Waals surface area contributed by atoms with Crippen molar-refractivity contribution >= 4 is 17.8 Å². The fourth-order valence-electron chi connectivity index (χ4n) is 1.24. The molecule has 0 bridgehead atoms. The van der Waals surface area contributed by atoms with Gasteiger partial charge in [-0.1, -0.05) is 24.3 Å². The van der Waals surface area contributed by atoms with E-state index in [1.54, 1.807) is 30.3 Å². The molecule has 0 atom stereocenters. The summed E-state index contributed by atoms with van der Waals surface area (Å²) in [6.07, 6.45) is 2.47. The van der Waals surface area contributed by atoms with Gasteiger partial charge in [-0.15, -0.1) is 0 Å². The lowest BCUT2D eigenvalue weighted by Crippen LogP contribution is -2.06. The van der Waals surface area contributed by atoms with Gasteiger partial charge in [0.2, 0.25) is 5.91 Å². The lowest BCUT2D eigenvalue weighted by atomic mass is 10.0. The summed E-state index contributed by atoms with van der Waals surface area (Å²) in [4.78, 5) is 22.1. The summed E-state index contributed by atoms with van der Waals surface area (Å²) in [5.41, 5.74) is 5.97. The van der Waals surface area contributed by atoms with Crippen molar-refractivity contribution in [1.29, 1.82) is 5.26 Å². The molecule has 1 amide bonds. The van der Waals surface area contributed by atoms with E-state index >= 15 is 0 Å². The fourth-order valence-corrected chi connectivity index (χ4v) is 1.24. The van der Waals surface area contributed by atoms with Crippen LogP contribution in [0.2, 0.25) is 0 Å². The molecule has 0 heterocycles. The van der Waals surface area contributed by atoms with E-state index in [2.05, 4.69) is 0 Å². The Morgan fingerprint density at radius 2 is 2.06 bits per heavy atom. The first-order valence-corrected chi connectivity index (χ1v) is 4.62. The second-order valence-electron chi connectivity index (χ2n) is 3.08. The average Bonchev–Trinajstić information content (AvgIpc) is 2.27. The molecule has 2 N–H and O–H groups in total. The van der Waals surface area contributed by atoms with Gasteiger partial charge in [-0.3, -0.25) is 9.59 Å². The number of Topliss-reactive ketones (excluding diaryl/α,β-unsaturated/α-hetero) is 1. The highest BCUT2D eigenvalue weighted by Crippen LogP contribution is 2.12. The lowest BCUT2D eigenvalue weighted by Gasteiger charge is -2.01. The Labute approximate surface area is 93.0 Å². The number of benzene rings is 1. The van der Waals surface area contributed by atoms with Gasteiger partial charge < -0.3 is 5.73 Å². The van der Waals surface area contributed by atoms with Crippen molar-refractivity contribution in [2.45, 2.75) is 6.42 Å². The molecule has 0 saturated heterocycles. The molecule has 0 aliphatic heterocycles. The number of amides is 1. The molecule has 1 aromatic rings. The second-order valence-corrected chi connectivity index (χ2v) is 3.08. The Bertz CT molecular complexity index is 484. The van der Waals surface area contributed by atoms with Crippen molar-refractivity contribution in [2.75, 3.05) is 0 Å². The van der Waals surface area contributed by atoms with Gasteiger partial charge in [0.05, 0.1) is 12.5 Å². The lowest BCUT2D eigenvalue weighted by molar-refractivity contribution is -0.113. The Morgan fingerprint density at radius 3 is 2.69 bits per heavy atom. The first-order valence-electron chi connectivity index (χ1n) is 4.62. The number of nitriles is 1. The number of carbonyl (C=O) groups is 2. The summed E-state index contributed by atoms with van der Waals surface area (Å²) in [5.74, 6) is -0.852. The van der Waals surface area contributed by atoms with Crippen LogP contribution >= 0.6 is 0 Å². The number of nitrogens with two attached hydrogens (primary N) is 1. The minimum absolute atomic E-state index is 0.179. The highest BCUT2D eigenvalue weighted by molar-refractivity contribution is 6.01. The normalized spacial score (nSPS) is 9.94. The van der Waals surface area contributed by atoms with E-state index in [1.165, 1.54) is 12.2 Å². The molecule has 0 aromatic heterocycles. The number of rotatable bonds is 4. The first kappa shape index (κ1) is 11.7. The van der Waals surface area contributed by atoms with E-state index in [-0.39, 0.29) is 12.2 Å². The highest BCUT2D eigenvalue weighted by atomic mass is 16.1. The third kappa shape index (κ3) is 3.07. The number of ketones is 1. The number of primary amides is 1. The molecule has 0 radical (unpaired) electrons. The molecule has 4 heteroatoms. The molecule has 0 aliphatic rings. The predicted molar refractivity (Wildman–Crippen MR) is 59.2 cm³/mol. The number of hydrogen-bond donors (Lipinski definition) is 1. The van der Waals surface area contributed by atoms with E-state index in [4.69, 9.17) is 11.0 Å². The van der Waals surface area contributed by atoms with Crippen molar-refractivity contribution in [3.63, 3.8) is 0 Å². The van der Waals surface area contributed by atoms with Crippen LogP contribution in [-0.4, -0.2) is 11.7 Å². The van der Waals surface area contributed by atoms with E-state index in [0.717, 1.165) is 0 Å². The number of carbonyl (C=O) groups excluding carboxylic acids is 2. The van der Waals surface area contributed by atoms with Crippen LogP contribution < -0.4 is 5.73 Å². The maximum atomic E-state index is 11.5. The topological polar surface area (TPSA) is 83.9 Å². The third-order valence-electron chi connectivity index (χ3n) is 1.93. The van der Waals surface area contributed by atoms with Crippen LogP contribution in [0.4, 0.5) is 0 Å². The SMILES string of the molecule is N#CCC(=O)c1ccccc1C=CC(N)=O. The van der Waals surface area contributed by atoms with Crippen LogP contribution in [0.25, 0.3) is 6.08 Å². The van der Waals surface area contributed by atoms with Crippen LogP contribution in [0.5, 0.6) is 0 Å². The molecule has 0 spiro atoms. The fraction of sp³-hybridized carbons (Fsp3) is 0.0833. The van der Waals surface area contributed by atoms with Gasteiger partial charge in [0, 0.05) is 11.6 Å². The van der Waals surface area contributed by atoms with Gasteiger partial charge >= 0.3 is 0 Å². The summed E-state index contributed by atoms with van der Waals surface area (Å²) in [7, 11) is 0. The summed E-state index contributed by atoms with van der Waals surface area (Å²) >= 11 is 0. The maximum Gasteiger partial charge on any atom is 0.241 e. The highest BCUT2D eigenvalue weighted by Gasteiger charge is 2.08.